The molecule has 3 N–H and O–H groups in total. The average molecular weight is 308 g/mol. The second-order valence-corrected chi connectivity index (χ2v) is 4.89. The molecule has 1 aromatic carbocycles. The number of thioether (sulfide) groups is 1. The van der Waals surface area contributed by atoms with Crippen LogP contribution in [0.3, 0.4) is 0 Å². The molecule has 0 saturated heterocycles. The minimum absolute atomic E-state index is 0.133. The summed E-state index contributed by atoms with van der Waals surface area (Å²) in [6.45, 7) is -3.11. The molecule has 0 unspecified atom stereocenters. The van der Waals surface area contributed by atoms with Crippen molar-refractivity contribution in [3.63, 3.8) is 0 Å². The first-order chi connectivity index (χ1) is 9.43. The summed E-state index contributed by atoms with van der Waals surface area (Å²) in [6.07, 6.45) is 2.38. The first kappa shape index (κ1) is 16.6. The van der Waals surface area contributed by atoms with Gasteiger partial charge in [-0.3, -0.25) is 4.79 Å². The van der Waals surface area contributed by atoms with Crippen molar-refractivity contribution >= 4 is 23.4 Å². The molecule has 1 aromatic rings. The number of amides is 1. The molecule has 112 valence electrons. The minimum Gasteiger partial charge on any atom is -0.432 e. The van der Waals surface area contributed by atoms with E-state index in [1.807, 2.05) is 6.26 Å². The molecule has 1 rings (SSSR count). The number of rotatable bonds is 7. The van der Waals surface area contributed by atoms with Crippen LogP contribution in [-0.2, 0) is 4.79 Å². The number of halogens is 3. The van der Waals surface area contributed by atoms with Crippen molar-refractivity contribution in [2.45, 2.75) is 19.1 Å². The fourth-order valence-corrected chi connectivity index (χ4v) is 1.87. The number of hydrogen-bond donors (Lipinski definition) is 2. The summed E-state index contributed by atoms with van der Waals surface area (Å²) in [5, 5.41) is 2.42. The number of nitrogens with one attached hydrogen (secondary N) is 1. The Morgan fingerprint density at radius 1 is 1.50 bits per heavy atom. The van der Waals surface area contributed by atoms with Gasteiger partial charge in [-0.15, -0.1) is 0 Å². The van der Waals surface area contributed by atoms with Crippen molar-refractivity contribution in [1.29, 1.82) is 0 Å². The molecule has 0 aliphatic carbocycles. The van der Waals surface area contributed by atoms with Crippen molar-refractivity contribution in [2.75, 3.05) is 17.3 Å². The standard InChI is InChI=1S/C12H15F3N2O2S/c1-20-5-4-9(16)11(18)17-7-2-3-10(8(13)6-7)19-12(14)15/h2-3,6,9,12H,4-5,16H2,1H3,(H,17,18)/t9-/m1/s1. The Morgan fingerprint density at radius 2 is 2.20 bits per heavy atom. The fourth-order valence-electron chi connectivity index (χ4n) is 1.38. The van der Waals surface area contributed by atoms with Gasteiger partial charge in [-0.2, -0.15) is 20.5 Å². The second kappa shape index (κ2) is 8.01. The summed E-state index contributed by atoms with van der Waals surface area (Å²) in [6, 6.07) is 2.48. The molecule has 0 bridgehead atoms. The van der Waals surface area contributed by atoms with Crippen LogP contribution in [0.4, 0.5) is 18.9 Å². The molecule has 0 aromatic heterocycles. The highest BCUT2D eigenvalue weighted by Crippen LogP contribution is 2.22. The normalized spacial score (nSPS) is 12.3. The van der Waals surface area contributed by atoms with Crippen LogP contribution in [0.5, 0.6) is 5.75 Å². The quantitative estimate of drug-likeness (QED) is 0.812. The van der Waals surface area contributed by atoms with Gasteiger partial charge in [0.1, 0.15) is 0 Å². The molecule has 0 aliphatic heterocycles. The lowest BCUT2D eigenvalue weighted by Gasteiger charge is -2.12. The van der Waals surface area contributed by atoms with Gasteiger partial charge >= 0.3 is 6.61 Å². The zero-order valence-electron chi connectivity index (χ0n) is 10.7. The van der Waals surface area contributed by atoms with Crippen molar-refractivity contribution in [3.8, 4) is 5.75 Å². The molecule has 0 heterocycles. The Labute approximate surface area is 118 Å². The fraction of sp³-hybridized carbons (Fsp3) is 0.417. The third kappa shape index (κ3) is 5.30. The number of alkyl halides is 2. The van der Waals surface area contributed by atoms with E-state index < -0.39 is 30.1 Å². The van der Waals surface area contributed by atoms with E-state index in [0.717, 1.165) is 17.9 Å². The van der Waals surface area contributed by atoms with E-state index in [1.165, 1.54) is 6.07 Å². The minimum atomic E-state index is -3.11. The van der Waals surface area contributed by atoms with Gasteiger partial charge in [0.25, 0.3) is 0 Å². The van der Waals surface area contributed by atoms with Gasteiger partial charge in [0.05, 0.1) is 6.04 Å². The van der Waals surface area contributed by atoms with Gasteiger partial charge in [0.2, 0.25) is 5.91 Å². The van der Waals surface area contributed by atoms with Gasteiger partial charge in [0.15, 0.2) is 11.6 Å². The SMILES string of the molecule is CSCC[C@@H](N)C(=O)Nc1ccc(OC(F)F)c(F)c1. The highest BCUT2D eigenvalue weighted by Gasteiger charge is 2.15. The van der Waals surface area contributed by atoms with Crippen molar-refractivity contribution in [2.24, 2.45) is 5.73 Å². The summed E-state index contributed by atoms with van der Waals surface area (Å²) in [7, 11) is 0. The van der Waals surface area contributed by atoms with E-state index >= 15 is 0 Å². The predicted octanol–water partition coefficient (Wildman–Crippen LogP) is 2.45. The third-order valence-electron chi connectivity index (χ3n) is 2.39. The summed E-state index contributed by atoms with van der Waals surface area (Å²) in [4.78, 5) is 11.7. The predicted molar refractivity (Wildman–Crippen MR) is 72.6 cm³/mol. The number of benzene rings is 1. The second-order valence-electron chi connectivity index (χ2n) is 3.90. The van der Waals surface area contributed by atoms with Crippen LogP contribution >= 0.6 is 11.8 Å². The molecule has 0 radical (unpaired) electrons. The zero-order valence-corrected chi connectivity index (χ0v) is 11.6. The Morgan fingerprint density at radius 3 is 2.75 bits per heavy atom. The maximum absolute atomic E-state index is 13.4. The summed E-state index contributed by atoms with van der Waals surface area (Å²) in [5.41, 5.74) is 5.78. The van der Waals surface area contributed by atoms with Gasteiger partial charge in [0, 0.05) is 11.8 Å². The van der Waals surface area contributed by atoms with Crippen molar-refractivity contribution in [3.05, 3.63) is 24.0 Å². The highest BCUT2D eigenvalue weighted by molar-refractivity contribution is 7.98. The van der Waals surface area contributed by atoms with E-state index in [0.29, 0.717) is 6.42 Å². The van der Waals surface area contributed by atoms with Crippen LogP contribution in [-0.4, -0.2) is 30.6 Å². The third-order valence-corrected chi connectivity index (χ3v) is 3.03. The van der Waals surface area contributed by atoms with Crippen LogP contribution < -0.4 is 15.8 Å². The van der Waals surface area contributed by atoms with Crippen LogP contribution in [0.25, 0.3) is 0 Å². The number of carbonyl (C=O) groups is 1. The number of ether oxygens (including phenoxy) is 1. The maximum atomic E-state index is 13.4. The molecule has 4 nitrogen and oxygen atoms in total. The molecule has 0 fully saturated rings. The van der Waals surface area contributed by atoms with Gasteiger partial charge in [-0.05, 0) is 30.6 Å². The van der Waals surface area contributed by atoms with Crippen LogP contribution in [0, 0.1) is 5.82 Å². The Kier molecular flexibility index (Phi) is 6.66. The summed E-state index contributed by atoms with van der Waals surface area (Å²) in [5.74, 6) is -1.30. The molecule has 0 saturated carbocycles. The Hall–Kier alpha value is -1.41. The molecule has 1 amide bonds. The van der Waals surface area contributed by atoms with E-state index in [1.54, 1.807) is 11.8 Å². The molecule has 1 atom stereocenters. The lowest BCUT2D eigenvalue weighted by Crippen LogP contribution is -2.36. The lowest BCUT2D eigenvalue weighted by molar-refractivity contribution is -0.117. The highest BCUT2D eigenvalue weighted by atomic mass is 32.2. The summed E-state index contributed by atoms with van der Waals surface area (Å²) < 4.78 is 41.3. The Balaban J connectivity index is 2.64. The van der Waals surface area contributed by atoms with Crippen LogP contribution in [0.15, 0.2) is 18.2 Å². The van der Waals surface area contributed by atoms with Crippen LogP contribution in [0.1, 0.15) is 6.42 Å². The molecule has 0 aliphatic rings. The lowest BCUT2D eigenvalue weighted by atomic mass is 10.2. The first-order valence-electron chi connectivity index (χ1n) is 5.73. The zero-order chi connectivity index (χ0) is 15.1. The van der Waals surface area contributed by atoms with Gasteiger partial charge in [-0.25, -0.2) is 4.39 Å². The van der Waals surface area contributed by atoms with Crippen LogP contribution in [0.2, 0.25) is 0 Å². The molecule has 8 heteroatoms. The van der Waals surface area contributed by atoms with Crippen molar-refractivity contribution < 1.29 is 22.7 Å². The van der Waals surface area contributed by atoms with E-state index in [4.69, 9.17) is 5.73 Å². The van der Waals surface area contributed by atoms with E-state index in [-0.39, 0.29) is 5.69 Å². The summed E-state index contributed by atoms with van der Waals surface area (Å²) >= 11 is 1.56. The number of hydrogen-bond acceptors (Lipinski definition) is 4. The topological polar surface area (TPSA) is 64.4 Å². The molecule has 20 heavy (non-hydrogen) atoms. The smallest absolute Gasteiger partial charge is 0.387 e. The Bertz CT molecular complexity index is 460. The average Bonchev–Trinajstić information content (AvgIpc) is 2.38. The maximum Gasteiger partial charge on any atom is 0.387 e. The molecular formula is C12H15F3N2O2S. The number of nitrogens with two attached hydrogens (primary N) is 1. The largest absolute Gasteiger partial charge is 0.432 e. The number of carbonyl (C=O) groups excluding carboxylic acids is 1. The monoisotopic (exact) mass is 308 g/mol. The molecule has 0 spiro atoms. The van der Waals surface area contributed by atoms with E-state index in [2.05, 4.69) is 10.1 Å². The molecular weight excluding hydrogens is 293 g/mol. The van der Waals surface area contributed by atoms with Crippen molar-refractivity contribution in [1.82, 2.24) is 0 Å². The van der Waals surface area contributed by atoms with E-state index in [9.17, 15) is 18.0 Å². The number of anilines is 1. The van der Waals surface area contributed by atoms with Gasteiger partial charge in [-0.1, -0.05) is 0 Å². The first-order valence-corrected chi connectivity index (χ1v) is 7.13. The van der Waals surface area contributed by atoms with Gasteiger partial charge < -0.3 is 15.8 Å².